The number of carbonyl (C=O) groups excluding carboxylic acids is 2. The molecule has 3 heterocycles. The Bertz CT molecular complexity index is 1180. The molecule has 1 saturated heterocycles. The molecule has 1 aromatic carbocycles. The molecule has 1 fully saturated rings. The van der Waals surface area contributed by atoms with Gasteiger partial charge in [0.1, 0.15) is 5.75 Å². The van der Waals surface area contributed by atoms with Gasteiger partial charge in [-0.05, 0) is 44.2 Å². The van der Waals surface area contributed by atoms with Crippen LogP contribution in [0.15, 0.2) is 58.6 Å². The van der Waals surface area contributed by atoms with Crippen molar-refractivity contribution in [1.29, 1.82) is 0 Å². The number of alkyl halides is 3. The molecule has 3 amide bonds. The van der Waals surface area contributed by atoms with E-state index in [1.165, 1.54) is 25.5 Å². The fourth-order valence-corrected chi connectivity index (χ4v) is 3.84. The summed E-state index contributed by atoms with van der Waals surface area (Å²) < 4.78 is 56.5. The Kier molecular flexibility index (Phi) is 6.81. The van der Waals surface area contributed by atoms with Crippen LogP contribution < -0.4 is 20.7 Å². The zero-order valence-electron chi connectivity index (χ0n) is 19.7. The van der Waals surface area contributed by atoms with Gasteiger partial charge in [-0.15, -0.1) is 0 Å². The first-order valence-corrected chi connectivity index (χ1v) is 11.0. The van der Waals surface area contributed by atoms with Crippen molar-refractivity contribution in [3.8, 4) is 5.75 Å². The number of halogens is 3. The van der Waals surface area contributed by atoms with E-state index in [-0.39, 0.29) is 42.4 Å². The summed E-state index contributed by atoms with van der Waals surface area (Å²) in [5.41, 5.74) is -0.828. The van der Waals surface area contributed by atoms with E-state index in [1.54, 1.807) is 32.1 Å². The number of hydrogen-bond acceptors (Lipinski definition) is 6. The van der Waals surface area contributed by atoms with Gasteiger partial charge in [-0.2, -0.15) is 13.2 Å². The fraction of sp³-hybridized carbons (Fsp3) is 0.375. The Hall–Kier alpha value is -3.80. The summed E-state index contributed by atoms with van der Waals surface area (Å²) in [5.74, 6) is -0.900. The lowest BCUT2D eigenvalue weighted by atomic mass is 9.95. The number of aliphatic imine (C=N–C) groups is 1. The highest BCUT2D eigenvalue weighted by molar-refractivity contribution is 6.00. The average molecular weight is 506 g/mol. The standard InChI is InChI=1S/C24H25F3N4O5/c1-13-17(5-6-18(29-13)14-8-20(34-3)21(32)28-10-14)31-22(33)30-15-4-7-19(16(9-15)24(25,26)27)36-23(2)11-35-12-23/h4-10,14,18,29H,11-12H2,1-3H3,(H2,30,31,33). The van der Waals surface area contributed by atoms with Crippen molar-refractivity contribution in [2.45, 2.75) is 31.7 Å². The van der Waals surface area contributed by atoms with E-state index in [2.05, 4.69) is 20.9 Å². The molecule has 3 aliphatic rings. The summed E-state index contributed by atoms with van der Waals surface area (Å²) in [7, 11) is 1.39. The Morgan fingerprint density at radius 2 is 2.03 bits per heavy atom. The first kappa shape index (κ1) is 25.3. The van der Waals surface area contributed by atoms with Crippen molar-refractivity contribution in [2.75, 3.05) is 25.6 Å². The van der Waals surface area contributed by atoms with Crippen LogP contribution in [0, 0.1) is 5.92 Å². The minimum atomic E-state index is -4.68. The number of ether oxygens (including phenoxy) is 3. The van der Waals surface area contributed by atoms with Gasteiger partial charge in [-0.3, -0.25) is 4.79 Å². The molecule has 0 spiro atoms. The maximum Gasteiger partial charge on any atom is 0.420 e. The number of methoxy groups -OCH3 is 1. The summed E-state index contributed by atoms with van der Waals surface area (Å²) >= 11 is 0. The van der Waals surface area contributed by atoms with Gasteiger partial charge in [0, 0.05) is 23.5 Å². The highest BCUT2D eigenvalue weighted by atomic mass is 19.4. The van der Waals surface area contributed by atoms with E-state index in [0.717, 1.165) is 6.07 Å². The van der Waals surface area contributed by atoms with Crippen molar-refractivity contribution in [3.05, 3.63) is 59.1 Å². The molecule has 0 aliphatic carbocycles. The monoisotopic (exact) mass is 506 g/mol. The molecular formula is C24H25F3N4O5. The number of carbonyl (C=O) groups is 2. The van der Waals surface area contributed by atoms with Crippen molar-refractivity contribution >= 4 is 23.8 Å². The number of hydrogen-bond donors (Lipinski definition) is 3. The lowest BCUT2D eigenvalue weighted by Crippen LogP contribution is -2.51. The van der Waals surface area contributed by atoms with E-state index in [1.807, 2.05) is 0 Å². The molecule has 3 aliphatic heterocycles. The number of allylic oxidation sites excluding steroid dienone is 2. The van der Waals surface area contributed by atoms with Gasteiger partial charge in [0.05, 0.1) is 37.6 Å². The van der Waals surface area contributed by atoms with Crippen LogP contribution in [0.1, 0.15) is 19.4 Å². The summed E-state index contributed by atoms with van der Waals surface area (Å²) in [6, 6.07) is 2.38. The van der Waals surface area contributed by atoms with Crippen LogP contribution >= 0.6 is 0 Å². The van der Waals surface area contributed by atoms with Gasteiger partial charge in [0.25, 0.3) is 0 Å². The van der Waals surface area contributed by atoms with Gasteiger partial charge in [0.2, 0.25) is 0 Å². The molecule has 0 bridgehead atoms. The molecule has 9 nitrogen and oxygen atoms in total. The number of amides is 3. The largest absolute Gasteiger partial charge is 0.491 e. The van der Waals surface area contributed by atoms with Gasteiger partial charge < -0.3 is 30.2 Å². The summed E-state index contributed by atoms with van der Waals surface area (Å²) in [5, 5.41) is 8.25. The Labute approximate surface area is 205 Å². The topological polar surface area (TPSA) is 110 Å². The molecule has 0 radical (unpaired) electrons. The number of rotatable bonds is 6. The molecule has 4 rings (SSSR count). The predicted octanol–water partition coefficient (Wildman–Crippen LogP) is 3.51. The zero-order valence-corrected chi connectivity index (χ0v) is 19.7. The molecule has 36 heavy (non-hydrogen) atoms. The molecule has 192 valence electrons. The molecular weight excluding hydrogens is 481 g/mol. The second-order valence-electron chi connectivity index (χ2n) is 8.80. The van der Waals surface area contributed by atoms with Gasteiger partial charge in [-0.1, -0.05) is 6.08 Å². The van der Waals surface area contributed by atoms with Crippen LogP contribution in [0.3, 0.4) is 0 Å². The summed E-state index contributed by atoms with van der Waals surface area (Å²) in [6.07, 6.45) is 1.92. The normalized spacial score (nSPS) is 22.8. The zero-order chi connectivity index (χ0) is 26.1. The third-order valence-corrected chi connectivity index (χ3v) is 5.77. The maximum absolute atomic E-state index is 13.6. The molecule has 3 N–H and O–H groups in total. The van der Waals surface area contributed by atoms with Crippen LogP contribution in [-0.4, -0.2) is 50.1 Å². The van der Waals surface area contributed by atoms with Crippen molar-refractivity contribution < 1.29 is 37.0 Å². The van der Waals surface area contributed by atoms with E-state index in [4.69, 9.17) is 14.2 Å². The maximum atomic E-state index is 13.6. The number of urea groups is 1. The van der Waals surface area contributed by atoms with Gasteiger partial charge in [-0.25, -0.2) is 9.79 Å². The van der Waals surface area contributed by atoms with Crippen LogP contribution in [0.5, 0.6) is 5.75 Å². The van der Waals surface area contributed by atoms with E-state index >= 15 is 0 Å². The first-order valence-electron chi connectivity index (χ1n) is 11.0. The Morgan fingerprint density at radius 3 is 2.64 bits per heavy atom. The lowest BCUT2D eigenvalue weighted by molar-refractivity contribution is -0.160. The summed E-state index contributed by atoms with van der Waals surface area (Å²) in [4.78, 5) is 28.0. The Balaban J connectivity index is 1.41. The molecule has 12 heteroatoms. The number of nitrogens with one attached hydrogen (secondary N) is 3. The van der Waals surface area contributed by atoms with Crippen molar-refractivity contribution in [1.82, 2.24) is 10.6 Å². The number of dihydropyridines is 2. The Morgan fingerprint density at radius 1 is 1.28 bits per heavy atom. The highest BCUT2D eigenvalue weighted by Crippen LogP contribution is 2.40. The molecule has 2 atom stereocenters. The highest BCUT2D eigenvalue weighted by Gasteiger charge is 2.40. The van der Waals surface area contributed by atoms with Crippen molar-refractivity contribution in [2.24, 2.45) is 10.9 Å². The number of nitrogens with zero attached hydrogens (tertiary/aromatic N) is 1. The SMILES string of the molecule is COC1=CC(C2C=CC(NC(=O)Nc3ccc(OC4(C)COC4)c(C(F)(F)F)c3)=C(C)N2)C=NC1=O. The molecule has 0 aromatic heterocycles. The van der Waals surface area contributed by atoms with E-state index in [0.29, 0.717) is 11.4 Å². The average Bonchev–Trinajstić information content (AvgIpc) is 2.80. The number of anilines is 1. The van der Waals surface area contributed by atoms with Gasteiger partial charge in [0.15, 0.2) is 11.4 Å². The van der Waals surface area contributed by atoms with Crippen LogP contribution in [0.25, 0.3) is 0 Å². The van der Waals surface area contributed by atoms with Gasteiger partial charge >= 0.3 is 18.1 Å². The van der Waals surface area contributed by atoms with Crippen LogP contribution in [0.2, 0.25) is 0 Å². The third-order valence-electron chi connectivity index (χ3n) is 5.77. The third kappa shape index (κ3) is 5.54. The van der Waals surface area contributed by atoms with Crippen molar-refractivity contribution in [3.63, 3.8) is 0 Å². The van der Waals surface area contributed by atoms with E-state index < -0.39 is 29.3 Å². The minimum absolute atomic E-state index is 0.0496. The molecule has 0 saturated carbocycles. The fourth-order valence-electron chi connectivity index (χ4n) is 3.84. The second kappa shape index (κ2) is 9.69. The molecule has 1 aromatic rings. The number of benzene rings is 1. The quantitative estimate of drug-likeness (QED) is 0.545. The molecule has 2 unspecified atom stereocenters. The minimum Gasteiger partial charge on any atom is -0.491 e. The second-order valence-corrected chi connectivity index (χ2v) is 8.80. The smallest absolute Gasteiger partial charge is 0.420 e. The first-order chi connectivity index (χ1) is 17.0. The lowest BCUT2D eigenvalue weighted by Gasteiger charge is -2.38. The van der Waals surface area contributed by atoms with Crippen LogP contribution in [0.4, 0.5) is 23.7 Å². The van der Waals surface area contributed by atoms with E-state index in [9.17, 15) is 22.8 Å². The predicted molar refractivity (Wildman–Crippen MR) is 124 cm³/mol. The summed E-state index contributed by atoms with van der Waals surface area (Å²) in [6.45, 7) is 3.78. The van der Waals surface area contributed by atoms with Crippen LogP contribution in [-0.2, 0) is 20.4 Å².